The van der Waals surface area contributed by atoms with Gasteiger partial charge in [0, 0.05) is 10.9 Å². The van der Waals surface area contributed by atoms with Crippen molar-refractivity contribution in [3.63, 3.8) is 0 Å². The van der Waals surface area contributed by atoms with Crippen molar-refractivity contribution in [2.75, 3.05) is 17.3 Å². The first-order valence-electron chi connectivity index (χ1n) is 8.46. The van der Waals surface area contributed by atoms with Crippen LogP contribution in [0.5, 0.6) is 5.75 Å². The van der Waals surface area contributed by atoms with Gasteiger partial charge in [0.1, 0.15) is 11.8 Å². The minimum Gasteiger partial charge on any atom is -0.508 e. The maximum absolute atomic E-state index is 12.7. The molecule has 9 heteroatoms. The predicted molar refractivity (Wildman–Crippen MR) is 111 cm³/mol. The van der Waals surface area contributed by atoms with Gasteiger partial charge in [-0.15, -0.1) is 11.3 Å². The second kappa shape index (κ2) is 9.43. The summed E-state index contributed by atoms with van der Waals surface area (Å²) in [6, 6.07) is 9.18. The van der Waals surface area contributed by atoms with E-state index in [-0.39, 0.29) is 17.4 Å². The van der Waals surface area contributed by atoms with Gasteiger partial charge < -0.3 is 20.2 Å². The Bertz CT molecular complexity index is 940. The van der Waals surface area contributed by atoms with Crippen LogP contribution < -0.4 is 10.6 Å². The van der Waals surface area contributed by atoms with Gasteiger partial charge in [-0.2, -0.15) is 11.8 Å². The molecule has 2 aromatic heterocycles. The number of carbonyl (C=O) groups excluding carboxylic acids is 2. The smallest absolute Gasteiger partial charge is 0.287 e. The number of anilines is 1. The summed E-state index contributed by atoms with van der Waals surface area (Å²) in [4.78, 5) is 29.3. The molecule has 7 nitrogen and oxygen atoms in total. The molecule has 2 heterocycles. The molecule has 3 rings (SSSR count). The molecule has 0 spiro atoms. The number of nitrogens with zero attached hydrogens (tertiary/aromatic N) is 1. The number of phenols is 1. The molecule has 0 fully saturated rings. The number of phenolic OH excluding ortho intramolecular Hbond substituents is 1. The number of carbonyl (C=O) groups is 2. The largest absolute Gasteiger partial charge is 0.508 e. The van der Waals surface area contributed by atoms with Crippen molar-refractivity contribution >= 4 is 40.0 Å². The lowest BCUT2D eigenvalue weighted by molar-refractivity contribution is -0.118. The van der Waals surface area contributed by atoms with E-state index in [0.717, 1.165) is 5.56 Å². The number of furan rings is 1. The van der Waals surface area contributed by atoms with Crippen molar-refractivity contribution in [2.45, 2.75) is 12.5 Å². The van der Waals surface area contributed by atoms with Gasteiger partial charge >= 0.3 is 0 Å². The maximum atomic E-state index is 12.7. The van der Waals surface area contributed by atoms with Crippen molar-refractivity contribution < 1.29 is 19.1 Å². The van der Waals surface area contributed by atoms with E-state index in [0.29, 0.717) is 23.0 Å². The highest BCUT2D eigenvalue weighted by Gasteiger charge is 2.23. The highest BCUT2D eigenvalue weighted by atomic mass is 32.2. The summed E-state index contributed by atoms with van der Waals surface area (Å²) in [7, 11) is 0. The Morgan fingerprint density at radius 1 is 1.32 bits per heavy atom. The van der Waals surface area contributed by atoms with Crippen LogP contribution in [0.15, 0.2) is 52.5 Å². The van der Waals surface area contributed by atoms with Crippen LogP contribution in [0, 0.1) is 0 Å². The number of aromatic hydroxyl groups is 1. The quantitative estimate of drug-likeness (QED) is 0.517. The third-order valence-corrected chi connectivity index (χ3v) is 5.26. The molecule has 0 aliphatic heterocycles. The van der Waals surface area contributed by atoms with E-state index in [9.17, 15) is 14.7 Å². The van der Waals surface area contributed by atoms with Crippen molar-refractivity contribution in [2.24, 2.45) is 0 Å². The Labute approximate surface area is 170 Å². The number of nitrogens with one attached hydrogen (secondary N) is 2. The SMILES string of the molecule is CSCCC(NC(=O)c1ccco1)C(=O)Nc1nc(-c2cccc(O)c2)cs1. The molecule has 146 valence electrons. The average Bonchev–Trinajstić information content (AvgIpc) is 3.37. The lowest BCUT2D eigenvalue weighted by Crippen LogP contribution is -2.44. The average molecular weight is 418 g/mol. The van der Waals surface area contributed by atoms with Gasteiger partial charge in [-0.3, -0.25) is 9.59 Å². The zero-order chi connectivity index (χ0) is 19.9. The van der Waals surface area contributed by atoms with E-state index >= 15 is 0 Å². The van der Waals surface area contributed by atoms with Crippen LogP contribution in [0.3, 0.4) is 0 Å². The molecular weight excluding hydrogens is 398 g/mol. The van der Waals surface area contributed by atoms with Gasteiger partial charge in [0.05, 0.1) is 12.0 Å². The molecule has 3 aromatic rings. The molecule has 0 radical (unpaired) electrons. The minimum atomic E-state index is -0.710. The summed E-state index contributed by atoms with van der Waals surface area (Å²) in [6.07, 6.45) is 3.82. The van der Waals surface area contributed by atoms with Gasteiger partial charge in [-0.1, -0.05) is 12.1 Å². The Morgan fingerprint density at radius 3 is 2.89 bits per heavy atom. The molecule has 0 saturated heterocycles. The van der Waals surface area contributed by atoms with Crippen LogP contribution >= 0.6 is 23.1 Å². The first-order chi connectivity index (χ1) is 13.6. The molecule has 1 aromatic carbocycles. The summed E-state index contributed by atoms with van der Waals surface area (Å²) < 4.78 is 5.08. The third kappa shape index (κ3) is 5.14. The molecular formula is C19H19N3O4S2. The zero-order valence-electron chi connectivity index (χ0n) is 15.0. The first-order valence-corrected chi connectivity index (χ1v) is 10.7. The topological polar surface area (TPSA) is 104 Å². The van der Waals surface area contributed by atoms with Crippen LogP contribution in [0.25, 0.3) is 11.3 Å². The van der Waals surface area contributed by atoms with Crippen molar-refractivity contribution in [3.8, 4) is 17.0 Å². The van der Waals surface area contributed by atoms with Crippen LogP contribution in [-0.4, -0.2) is 40.0 Å². The fourth-order valence-corrected chi connectivity index (χ4v) is 3.66. The molecule has 1 atom stereocenters. The molecule has 28 heavy (non-hydrogen) atoms. The highest BCUT2D eigenvalue weighted by molar-refractivity contribution is 7.98. The lowest BCUT2D eigenvalue weighted by Gasteiger charge is -2.16. The number of hydrogen-bond acceptors (Lipinski definition) is 7. The Morgan fingerprint density at radius 2 is 2.18 bits per heavy atom. The Kier molecular flexibility index (Phi) is 6.72. The number of aromatic nitrogens is 1. The van der Waals surface area contributed by atoms with Gasteiger partial charge in [0.15, 0.2) is 10.9 Å². The number of benzene rings is 1. The zero-order valence-corrected chi connectivity index (χ0v) is 16.7. The summed E-state index contributed by atoms with van der Waals surface area (Å²) in [5.74, 6) is 0.232. The van der Waals surface area contributed by atoms with Crippen molar-refractivity contribution in [1.29, 1.82) is 0 Å². The van der Waals surface area contributed by atoms with E-state index in [1.54, 1.807) is 47.5 Å². The van der Waals surface area contributed by atoms with Crippen molar-refractivity contribution in [1.82, 2.24) is 10.3 Å². The normalized spacial score (nSPS) is 11.8. The summed E-state index contributed by atoms with van der Waals surface area (Å²) in [5.41, 5.74) is 1.40. The number of thiazole rings is 1. The molecule has 3 N–H and O–H groups in total. The highest BCUT2D eigenvalue weighted by Crippen LogP contribution is 2.27. The predicted octanol–water partition coefficient (Wildman–Crippen LogP) is 3.60. The standard InChI is InChI=1S/C19H19N3O4S2/c1-27-9-7-14(20-18(25)16-6-3-8-26-16)17(24)22-19-21-15(11-28-19)12-4-2-5-13(23)10-12/h2-6,8,10-11,14,23H,7,9H2,1H3,(H,20,25)(H,21,22,24). The van der Waals surface area contributed by atoms with Crippen LogP contribution in [0.1, 0.15) is 17.0 Å². The van der Waals surface area contributed by atoms with E-state index in [2.05, 4.69) is 15.6 Å². The molecule has 0 aliphatic rings. The molecule has 0 aliphatic carbocycles. The lowest BCUT2D eigenvalue weighted by atomic mass is 10.2. The molecule has 0 saturated carbocycles. The van der Waals surface area contributed by atoms with Crippen LogP contribution in [0.4, 0.5) is 5.13 Å². The molecule has 2 amide bonds. The summed E-state index contributed by atoms with van der Waals surface area (Å²) >= 11 is 2.86. The monoisotopic (exact) mass is 417 g/mol. The number of amides is 2. The van der Waals surface area contributed by atoms with Crippen LogP contribution in [-0.2, 0) is 4.79 Å². The first kappa shape index (κ1) is 20.0. The van der Waals surface area contributed by atoms with Gasteiger partial charge in [0.2, 0.25) is 5.91 Å². The van der Waals surface area contributed by atoms with Crippen molar-refractivity contribution in [3.05, 3.63) is 53.8 Å². The van der Waals surface area contributed by atoms with E-state index < -0.39 is 11.9 Å². The number of hydrogen-bond donors (Lipinski definition) is 3. The fraction of sp³-hybridized carbons (Fsp3) is 0.211. The second-order valence-corrected chi connectivity index (χ2v) is 7.71. The fourth-order valence-electron chi connectivity index (χ4n) is 2.46. The minimum absolute atomic E-state index is 0.147. The summed E-state index contributed by atoms with van der Waals surface area (Å²) in [6.45, 7) is 0. The Balaban J connectivity index is 1.68. The van der Waals surface area contributed by atoms with E-state index in [1.807, 2.05) is 12.3 Å². The second-order valence-electron chi connectivity index (χ2n) is 5.86. The van der Waals surface area contributed by atoms with E-state index in [4.69, 9.17) is 4.42 Å². The third-order valence-electron chi connectivity index (χ3n) is 3.85. The maximum Gasteiger partial charge on any atom is 0.287 e. The van der Waals surface area contributed by atoms with Gasteiger partial charge in [0.25, 0.3) is 5.91 Å². The molecule has 1 unspecified atom stereocenters. The van der Waals surface area contributed by atoms with Gasteiger partial charge in [-0.25, -0.2) is 4.98 Å². The number of rotatable bonds is 8. The summed E-state index contributed by atoms with van der Waals surface area (Å²) in [5, 5.41) is 17.3. The Hall–Kier alpha value is -2.78. The van der Waals surface area contributed by atoms with Gasteiger partial charge in [-0.05, 0) is 42.7 Å². The molecule has 0 bridgehead atoms. The van der Waals surface area contributed by atoms with E-state index in [1.165, 1.54) is 17.6 Å². The van der Waals surface area contributed by atoms with Crippen LogP contribution in [0.2, 0.25) is 0 Å². The number of thioether (sulfide) groups is 1.